The second kappa shape index (κ2) is 5.47. The predicted molar refractivity (Wildman–Crippen MR) is 72.2 cm³/mol. The van der Waals surface area contributed by atoms with Gasteiger partial charge in [0, 0.05) is 0 Å². The molecule has 1 amide bonds. The van der Waals surface area contributed by atoms with E-state index in [0.29, 0.717) is 10.0 Å². The molecule has 98 valence electrons. The molecule has 1 fully saturated rings. The first-order valence-electron chi connectivity index (χ1n) is 5.95. The summed E-state index contributed by atoms with van der Waals surface area (Å²) >= 11 is 12.0. The Morgan fingerprint density at radius 2 is 1.83 bits per heavy atom. The lowest BCUT2D eigenvalue weighted by Gasteiger charge is -2.28. The number of aliphatic hydroxyl groups is 1. The van der Waals surface area contributed by atoms with Crippen LogP contribution in [0, 0.1) is 0 Å². The summed E-state index contributed by atoms with van der Waals surface area (Å²) in [5, 5.41) is 13.0. The monoisotopic (exact) mass is 287 g/mol. The van der Waals surface area contributed by atoms with E-state index in [1.54, 1.807) is 18.2 Å². The Morgan fingerprint density at radius 3 is 2.33 bits per heavy atom. The average molecular weight is 288 g/mol. The van der Waals surface area contributed by atoms with E-state index in [4.69, 9.17) is 23.2 Å². The quantitative estimate of drug-likeness (QED) is 0.898. The number of carbonyl (C=O) groups excluding carboxylic acids is 1. The molecule has 0 unspecified atom stereocenters. The molecule has 5 heteroatoms. The molecule has 0 atom stereocenters. The number of carbonyl (C=O) groups is 1. The van der Waals surface area contributed by atoms with E-state index in [-0.39, 0.29) is 18.1 Å². The molecular weight excluding hydrogens is 273 g/mol. The van der Waals surface area contributed by atoms with Gasteiger partial charge in [0.25, 0.3) is 5.91 Å². The summed E-state index contributed by atoms with van der Waals surface area (Å²) in [5.41, 5.74) is -0.236. The van der Waals surface area contributed by atoms with E-state index >= 15 is 0 Å². The largest absolute Gasteiger partial charge is 0.394 e. The maximum Gasteiger partial charge on any atom is 0.254 e. The van der Waals surface area contributed by atoms with E-state index < -0.39 is 5.54 Å². The molecule has 3 nitrogen and oxygen atoms in total. The molecule has 1 aromatic carbocycles. The van der Waals surface area contributed by atoms with E-state index in [2.05, 4.69) is 5.32 Å². The average Bonchev–Trinajstić information content (AvgIpc) is 2.78. The van der Waals surface area contributed by atoms with Gasteiger partial charge in [0.15, 0.2) is 0 Å². The normalized spacial score (nSPS) is 17.7. The van der Waals surface area contributed by atoms with Crippen molar-refractivity contribution in [1.82, 2.24) is 5.32 Å². The van der Waals surface area contributed by atoms with Crippen molar-refractivity contribution in [3.8, 4) is 0 Å². The number of hydrogen-bond donors (Lipinski definition) is 2. The zero-order chi connectivity index (χ0) is 13.2. The lowest BCUT2D eigenvalue weighted by atomic mass is 9.98. The van der Waals surface area contributed by atoms with Crippen LogP contribution >= 0.6 is 23.2 Å². The third-order valence-corrected chi connectivity index (χ3v) is 4.06. The Morgan fingerprint density at radius 1 is 1.28 bits per heavy atom. The van der Waals surface area contributed by atoms with Gasteiger partial charge in [0.2, 0.25) is 0 Å². The van der Waals surface area contributed by atoms with Gasteiger partial charge in [-0.2, -0.15) is 0 Å². The highest BCUT2D eigenvalue weighted by Crippen LogP contribution is 2.31. The number of benzene rings is 1. The highest BCUT2D eigenvalue weighted by molar-refractivity contribution is 6.39. The summed E-state index contributed by atoms with van der Waals surface area (Å²) < 4.78 is 0. The van der Waals surface area contributed by atoms with Crippen molar-refractivity contribution in [3.63, 3.8) is 0 Å². The van der Waals surface area contributed by atoms with E-state index in [1.807, 2.05) is 0 Å². The molecule has 1 aliphatic rings. The van der Waals surface area contributed by atoms with Crippen LogP contribution in [0.4, 0.5) is 0 Å². The summed E-state index contributed by atoms with van der Waals surface area (Å²) in [6.07, 6.45) is 3.60. The van der Waals surface area contributed by atoms with Crippen LogP contribution in [0.2, 0.25) is 10.0 Å². The van der Waals surface area contributed by atoms with Crippen LogP contribution < -0.4 is 5.32 Å². The lowest BCUT2D eigenvalue weighted by molar-refractivity contribution is 0.0839. The summed E-state index contributed by atoms with van der Waals surface area (Å²) in [5.74, 6) is -0.318. The third kappa shape index (κ3) is 2.63. The molecule has 0 bridgehead atoms. The van der Waals surface area contributed by atoms with Crippen molar-refractivity contribution in [3.05, 3.63) is 33.8 Å². The molecule has 2 N–H and O–H groups in total. The second-order valence-electron chi connectivity index (χ2n) is 4.70. The molecule has 1 aromatic rings. The Bertz CT molecular complexity index is 436. The van der Waals surface area contributed by atoms with Crippen molar-refractivity contribution in [1.29, 1.82) is 0 Å². The fourth-order valence-corrected chi connectivity index (χ4v) is 2.96. The molecule has 2 rings (SSSR count). The number of rotatable bonds is 3. The zero-order valence-corrected chi connectivity index (χ0v) is 11.4. The molecule has 1 aliphatic carbocycles. The fraction of sp³-hybridized carbons (Fsp3) is 0.462. The SMILES string of the molecule is O=C(NC1(CO)CCCC1)c1c(Cl)cccc1Cl. The maximum absolute atomic E-state index is 12.2. The molecule has 0 aromatic heterocycles. The molecule has 1 saturated carbocycles. The van der Waals surface area contributed by atoms with Crippen molar-refractivity contribution in [2.45, 2.75) is 31.2 Å². The van der Waals surface area contributed by atoms with Crippen LogP contribution in [0.25, 0.3) is 0 Å². The van der Waals surface area contributed by atoms with Gasteiger partial charge in [0.05, 0.1) is 27.8 Å². The van der Waals surface area contributed by atoms with Crippen LogP contribution in [-0.4, -0.2) is 23.2 Å². The summed E-state index contributed by atoms with van der Waals surface area (Å²) in [4.78, 5) is 12.2. The number of amides is 1. The predicted octanol–water partition coefficient (Wildman–Crippen LogP) is 3.03. The fourth-order valence-electron chi connectivity index (χ4n) is 2.39. The highest BCUT2D eigenvalue weighted by atomic mass is 35.5. The van der Waals surface area contributed by atoms with Crippen LogP contribution in [0.1, 0.15) is 36.0 Å². The maximum atomic E-state index is 12.2. The van der Waals surface area contributed by atoms with Gasteiger partial charge in [0.1, 0.15) is 0 Å². The first-order valence-corrected chi connectivity index (χ1v) is 6.71. The van der Waals surface area contributed by atoms with Crippen molar-refractivity contribution >= 4 is 29.1 Å². The van der Waals surface area contributed by atoms with Crippen molar-refractivity contribution in [2.24, 2.45) is 0 Å². The smallest absolute Gasteiger partial charge is 0.254 e. The van der Waals surface area contributed by atoms with Gasteiger partial charge in [-0.05, 0) is 25.0 Å². The van der Waals surface area contributed by atoms with E-state index in [9.17, 15) is 9.90 Å². The van der Waals surface area contributed by atoms with Crippen molar-refractivity contribution in [2.75, 3.05) is 6.61 Å². The van der Waals surface area contributed by atoms with Crippen LogP contribution in [0.15, 0.2) is 18.2 Å². The molecule has 18 heavy (non-hydrogen) atoms. The Labute approximate surface area is 116 Å². The van der Waals surface area contributed by atoms with Crippen LogP contribution in [-0.2, 0) is 0 Å². The molecule has 0 heterocycles. The van der Waals surface area contributed by atoms with Crippen LogP contribution in [0.3, 0.4) is 0 Å². The van der Waals surface area contributed by atoms with Gasteiger partial charge in [-0.15, -0.1) is 0 Å². The van der Waals surface area contributed by atoms with Gasteiger partial charge < -0.3 is 10.4 Å². The molecule has 0 spiro atoms. The van der Waals surface area contributed by atoms with Gasteiger partial charge in [-0.1, -0.05) is 42.1 Å². The zero-order valence-electron chi connectivity index (χ0n) is 9.88. The molecule has 0 aliphatic heterocycles. The first-order chi connectivity index (χ1) is 8.58. The van der Waals surface area contributed by atoms with E-state index in [1.165, 1.54) is 0 Å². The van der Waals surface area contributed by atoms with E-state index in [0.717, 1.165) is 25.7 Å². The minimum absolute atomic E-state index is 0.0548. The summed E-state index contributed by atoms with van der Waals surface area (Å²) in [7, 11) is 0. The second-order valence-corrected chi connectivity index (χ2v) is 5.51. The third-order valence-electron chi connectivity index (χ3n) is 3.43. The van der Waals surface area contributed by atoms with Crippen molar-refractivity contribution < 1.29 is 9.90 Å². The molecule has 0 radical (unpaired) electrons. The molecule has 0 saturated heterocycles. The minimum atomic E-state index is -0.514. The highest BCUT2D eigenvalue weighted by Gasteiger charge is 2.35. The van der Waals surface area contributed by atoms with Gasteiger partial charge >= 0.3 is 0 Å². The molecular formula is C13H15Cl2NO2. The number of aliphatic hydroxyl groups excluding tert-OH is 1. The van der Waals surface area contributed by atoms with Gasteiger partial charge in [-0.3, -0.25) is 4.79 Å². The lowest BCUT2D eigenvalue weighted by Crippen LogP contribution is -2.49. The van der Waals surface area contributed by atoms with Crippen LogP contribution in [0.5, 0.6) is 0 Å². The first kappa shape index (κ1) is 13.7. The number of nitrogens with one attached hydrogen (secondary N) is 1. The summed E-state index contributed by atoms with van der Waals surface area (Å²) in [6, 6.07) is 4.95. The summed E-state index contributed by atoms with van der Waals surface area (Å²) in [6.45, 7) is -0.0548. The number of hydrogen-bond acceptors (Lipinski definition) is 2. The Balaban J connectivity index is 2.22. The minimum Gasteiger partial charge on any atom is -0.394 e. The Kier molecular flexibility index (Phi) is 4.15. The Hall–Kier alpha value is -0.770. The number of halogens is 2. The van der Waals surface area contributed by atoms with Gasteiger partial charge in [-0.25, -0.2) is 0 Å². The standard InChI is InChI=1S/C13H15Cl2NO2/c14-9-4-3-5-10(15)11(9)12(18)16-13(8-17)6-1-2-7-13/h3-5,17H,1-2,6-8H2,(H,16,18). The topological polar surface area (TPSA) is 49.3 Å².